The van der Waals surface area contributed by atoms with Crippen molar-refractivity contribution in [3.05, 3.63) is 35.6 Å². The van der Waals surface area contributed by atoms with E-state index in [2.05, 4.69) is 15.4 Å². The molecule has 1 aromatic carbocycles. The van der Waals surface area contributed by atoms with E-state index in [4.69, 9.17) is 5.73 Å². The second-order valence-electron chi connectivity index (χ2n) is 4.43. The Labute approximate surface area is 119 Å². The van der Waals surface area contributed by atoms with Crippen molar-refractivity contribution in [1.29, 1.82) is 0 Å². The van der Waals surface area contributed by atoms with Gasteiger partial charge in [-0.2, -0.15) is 5.10 Å². The molecule has 6 nitrogen and oxygen atoms in total. The van der Waals surface area contributed by atoms with Crippen molar-refractivity contribution in [2.75, 3.05) is 11.1 Å². The Morgan fingerprint density at radius 3 is 3.10 bits per heavy atom. The first-order valence-electron chi connectivity index (χ1n) is 6.05. The van der Waals surface area contributed by atoms with E-state index in [0.29, 0.717) is 5.69 Å². The smallest absolute Gasteiger partial charge is 0.246 e. The number of rotatable bonds is 3. The molecule has 0 aliphatic rings. The summed E-state index contributed by atoms with van der Waals surface area (Å²) in [7, 11) is 0. The maximum atomic E-state index is 11.9. The van der Waals surface area contributed by atoms with E-state index in [9.17, 15) is 4.79 Å². The summed E-state index contributed by atoms with van der Waals surface area (Å²) < 4.78 is 2.56. The van der Waals surface area contributed by atoms with Crippen molar-refractivity contribution in [1.82, 2.24) is 14.8 Å². The van der Waals surface area contributed by atoms with Gasteiger partial charge >= 0.3 is 0 Å². The van der Waals surface area contributed by atoms with Gasteiger partial charge in [0.2, 0.25) is 5.91 Å². The van der Waals surface area contributed by atoms with Gasteiger partial charge in [0.25, 0.3) is 0 Å². The van der Waals surface area contributed by atoms with E-state index in [1.54, 1.807) is 17.5 Å². The minimum absolute atomic E-state index is 0.136. The van der Waals surface area contributed by atoms with Crippen LogP contribution in [0.1, 0.15) is 5.01 Å². The fraction of sp³-hybridized carbons (Fsp3) is 0.154. The van der Waals surface area contributed by atoms with Gasteiger partial charge in [-0.05, 0) is 25.1 Å². The normalized spacial score (nSPS) is 10.8. The van der Waals surface area contributed by atoms with Gasteiger partial charge in [-0.1, -0.05) is 0 Å². The van der Waals surface area contributed by atoms with E-state index in [1.807, 2.05) is 25.1 Å². The third-order valence-electron chi connectivity index (χ3n) is 2.74. The SMILES string of the molecule is Cc1nc2ccc(NC(=O)Cn3cc(N)cn3)cc2s1. The molecule has 0 radical (unpaired) electrons. The number of benzene rings is 1. The molecule has 0 aliphatic carbocycles. The summed E-state index contributed by atoms with van der Waals surface area (Å²) in [5, 5.41) is 7.82. The molecule has 20 heavy (non-hydrogen) atoms. The van der Waals surface area contributed by atoms with Crippen molar-refractivity contribution in [3.8, 4) is 0 Å². The van der Waals surface area contributed by atoms with E-state index in [-0.39, 0.29) is 12.5 Å². The first kappa shape index (κ1) is 12.6. The van der Waals surface area contributed by atoms with Crippen LogP contribution in [-0.4, -0.2) is 20.7 Å². The Kier molecular flexibility index (Phi) is 3.11. The third kappa shape index (κ3) is 2.62. The maximum absolute atomic E-state index is 11.9. The van der Waals surface area contributed by atoms with Gasteiger partial charge in [-0.25, -0.2) is 4.98 Å². The third-order valence-corrected chi connectivity index (χ3v) is 3.67. The number of thiazole rings is 1. The minimum atomic E-state index is -0.145. The molecular weight excluding hydrogens is 274 g/mol. The number of hydrogen-bond acceptors (Lipinski definition) is 5. The highest BCUT2D eigenvalue weighted by molar-refractivity contribution is 7.18. The molecule has 0 fully saturated rings. The molecule has 0 atom stereocenters. The van der Waals surface area contributed by atoms with Gasteiger partial charge in [0.15, 0.2) is 0 Å². The molecule has 3 rings (SSSR count). The number of carbonyl (C=O) groups is 1. The van der Waals surface area contributed by atoms with Crippen molar-refractivity contribution in [2.24, 2.45) is 0 Å². The molecule has 2 heterocycles. The zero-order valence-electron chi connectivity index (χ0n) is 10.8. The van der Waals surface area contributed by atoms with Crippen molar-refractivity contribution in [2.45, 2.75) is 13.5 Å². The van der Waals surface area contributed by atoms with Crippen molar-refractivity contribution in [3.63, 3.8) is 0 Å². The summed E-state index contributed by atoms with van der Waals surface area (Å²) >= 11 is 1.60. The molecule has 3 N–H and O–H groups in total. The lowest BCUT2D eigenvalue weighted by Gasteiger charge is -2.05. The minimum Gasteiger partial charge on any atom is -0.396 e. The first-order chi connectivity index (χ1) is 9.60. The summed E-state index contributed by atoms with van der Waals surface area (Å²) in [6.07, 6.45) is 3.13. The lowest BCUT2D eigenvalue weighted by molar-refractivity contribution is -0.116. The number of nitrogens with zero attached hydrogens (tertiary/aromatic N) is 3. The summed E-state index contributed by atoms with van der Waals surface area (Å²) in [6, 6.07) is 5.67. The van der Waals surface area contributed by atoms with Gasteiger partial charge in [0, 0.05) is 11.9 Å². The number of fused-ring (bicyclic) bond motifs is 1. The Morgan fingerprint density at radius 2 is 2.35 bits per heavy atom. The topological polar surface area (TPSA) is 85.8 Å². The van der Waals surface area contributed by atoms with Crippen LogP contribution in [-0.2, 0) is 11.3 Å². The molecule has 0 saturated carbocycles. The van der Waals surface area contributed by atoms with E-state index in [1.165, 1.54) is 10.9 Å². The molecule has 7 heteroatoms. The monoisotopic (exact) mass is 287 g/mol. The molecule has 0 spiro atoms. The lowest BCUT2D eigenvalue weighted by atomic mass is 10.3. The van der Waals surface area contributed by atoms with Crippen LogP contribution < -0.4 is 11.1 Å². The molecule has 3 aromatic rings. The predicted molar refractivity (Wildman–Crippen MR) is 79.6 cm³/mol. The quantitative estimate of drug-likeness (QED) is 0.771. The number of anilines is 2. The molecule has 0 unspecified atom stereocenters. The number of carbonyl (C=O) groups excluding carboxylic acids is 1. The zero-order chi connectivity index (χ0) is 14.1. The summed E-state index contributed by atoms with van der Waals surface area (Å²) in [4.78, 5) is 16.3. The fourth-order valence-corrected chi connectivity index (χ4v) is 2.80. The summed E-state index contributed by atoms with van der Waals surface area (Å²) in [5.41, 5.74) is 7.80. The number of nitrogens with two attached hydrogens (primary N) is 1. The van der Waals surface area contributed by atoms with Crippen LogP contribution in [0.3, 0.4) is 0 Å². The van der Waals surface area contributed by atoms with Crippen LogP contribution in [0.2, 0.25) is 0 Å². The maximum Gasteiger partial charge on any atom is 0.246 e. The van der Waals surface area contributed by atoms with Gasteiger partial charge in [-0.15, -0.1) is 11.3 Å². The Morgan fingerprint density at radius 1 is 1.50 bits per heavy atom. The molecule has 0 bridgehead atoms. The second kappa shape index (κ2) is 4.93. The first-order valence-corrected chi connectivity index (χ1v) is 6.87. The van der Waals surface area contributed by atoms with E-state index in [0.717, 1.165) is 20.9 Å². The molecule has 1 amide bonds. The van der Waals surface area contributed by atoms with Gasteiger partial charge < -0.3 is 11.1 Å². The Bertz CT molecular complexity index is 776. The van der Waals surface area contributed by atoms with Gasteiger partial charge in [-0.3, -0.25) is 9.48 Å². The van der Waals surface area contributed by atoms with Gasteiger partial charge in [0.1, 0.15) is 6.54 Å². The number of nitrogens with one attached hydrogen (secondary N) is 1. The number of aryl methyl sites for hydroxylation is 1. The number of nitrogen functional groups attached to an aromatic ring is 1. The second-order valence-corrected chi connectivity index (χ2v) is 5.67. The van der Waals surface area contributed by atoms with Crippen LogP contribution in [0.5, 0.6) is 0 Å². The van der Waals surface area contributed by atoms with Crippen LogP contribution in [0.15, 0.2) is 30.6 Å². The van der Waals surface area contributed by atoms with E-state index < -0.39 is 0 Å². The van der Waals surface area contributed by atoms with Crippen LogP contribution in [0.25, 0.3) is 10.2 Å². The highest BCUT2D eigenvalue weighted by Gasteiger charge is 2.06. The Balaban J connectivity index is 1.73. The Hall–Kier alpha value is -2.41. The predicted octanol–water partition coefficient (Wildman–Crippen LogP) is 2.02. The lowest BCUT2D eigenvalue weighted by Crippen LogP contribution is -2.18. The van der Waals surface area contributed by atoms with E-state index >= 15 is 0 Å². The molecule has 0 aliphatic heterocycles. The largest absolute Gasteiger partial charge is 0.396 e. The summed E-state index contributed by atoms with van der Waals surface area (Å²) in [6.45, 7) is 2.10. The average Bonchev–Trinajstić information content (AvgIpc) is 2.93. The summed E-state index contributed by atoms with van der Waals surface area (Å²) in [5.74, 6) is -0.145. The van der Waals surface area contributed by atoms with Crippen LogP contribution >= 0.6 is 11.3 Å². The number of amides is 1. The van der Waals surface area contributed by atoms with Crippen LogP contribution in [0, 0.1) is 6.92 Å². The van der Waals surface area contributed by atoms with Crippen molar-refractivity contribution >= 4 is 38.8 Å². The molecule has 2 aromatic heterocycles. The fourth-order valence-electron chi connectivity index (χ4n) is 1.93. The van der Waals surface area contributed by atoms with Crippen molar-refractivity contribution < 1.29 is 4.79 Å². The molecule has 102 valence electrons. The molecular formula is C13H13N5OS. The highest BCUT2D eigenvalue weighted by Crippen LogP contribution is 2.24. The molecule has 0 saturated heterocycles. The van der Waals surface area contributed by atoms with Gasteiger partial charge in [0.05, 0.1) is 27.1 Å². The highest BCUT2D eigenvalue weighted by atomic mass is 32.1. The number of hydrogen-bond donors (Lipinski definition) is 2. The zero-order valence-corrected chi connectivity index (χ0v) is 11.6. The standard InChI is InChI=1S/C13H13N5OS/c1-8-16-11-3-2-10(4-12(11)20-8)17-13(19)7-18-6-9(14)5-15-18/h2-6H,7,14H2,1H3,(H,17,19). The average molecular weight is 287 g/mol. The van der Waals surface area contributed by atoms with Crippen LogP contribution in [0.4, 0.5) is 11.4 Å². The number of aromatic nitrogens is 3.